The second-order valence-corrected chi connectivity index (χ2v) is 4.25. The van der Waals surface area contributed by atoms with Crippen LogP contribution in [0, 0.1) is 13.8 Å². The Balaban J connectivity index is 0.000000686. The van der Waals surface area contributed by atoms with Crippen LogP contribution in [0.5, 0.6) is 0 Å². The normalized spacial score (nSPS) is 9.47. The first kappa shape index (κ1) is 13.8. The number of hydrogen-bond acceptors (Lipinski definition) is 0. The number of halogens is 1. The van der Waals surface area contributed by atoms with E-state index >= 15 is 0 Å². The van der Waals surface area contributed by atoms with E-state index in [0.717, 1.165) is 5.02 Å². The standard InChI is InChI=1S/C14H13Cl.C2H6/c1-10-6-7-13(8-11(10)2)12-4-3-5-14(15)9-12;1-2/h3-9H,1-2H3;1-2H3. The first-order chi connectivity index (χ1) is 8.16. The summed E-state index contributed by atoms with van der Waals surface area (Å²) in [4.78, 5) is 0. The van der Waals surface area contributed by atoms with Crippen molar-refractivity contribution in [1.29, 1.82) is 0 Å². The molecule has 1 heteroatoms. The highest BCUT2D eigenvalue weighted by molar-refractivity contribution is 6.30. The molecule has 0 bridgehead atoms. The van der Waals surface area contributed by atoms with E-state index in [4.69, 9.17) is 11.6 Å². The summed E-state index contributed by atoms with van der Waals surface area (Å²) in [5.74, 6) is 0. The maximum Gasteiger partial charge on any atom is 0.0412 e. The highest BCUT2D eigenvalue weighted by atomic mass is 35.5. The summed E-state index contributed by atoms with van der Waals surface area (Å²) in [5, 5.41) is 0.783. The van der Waals surface area contributed by atoms with E-state index in [1.807, 2.05) is 32.0 Å². The zero-order valence-corrected chi connectivity index (χ0v) is 11.7. The second-order valence-electron chi connectivity index (χ2n) is 3.81. The predicted octanol–water partition coefficient (Wildman–Crippen LogP) is 5.65. The molecular weight excluding hydrogens is 228 g/mol. The van der Waals surface area contributed by atoms with Crippen LogP contribution < -0.4 is 0 Å². The molecule has 0 atom stereocenters. The van der Waals surface area contributed by atoms with Crippen molar-refractivity contribution < 1.29 is 0 Å². The van der Waals surface area contributed by atoms with E-state index in [0.29, 0.717) is 0 Å². The molecule has 2 aromatic rings. The SMILES string of the molecule is CC.Cc1ccc(-c2cccc(Cl)c2)cc1C. The van der Waals surface area contributed by atoms with Crippen LogP contribution in [0.4, 0.5) is 0 Å². The summed E-state index contributed by atoms with van der Waals surface area (Å²) in [5.41, 5.74) is 5.03. The van der Waals surface area contributed by atoms with E-state index < -0.39 is 0 Å². The molecule has 0 amide bonds. The Labute approximate surface area is 109 Å². The zero-order valence-electron chi connectivity index (χ0n) is 10.9. The highest BCUT2D eigenvalue weighted by Crippen LogP contribution is 2.24. The fourth-order valence-corrected chi connectivity index (χ4v) is 1.78. The molecule has 0 heterocycles. The topological polar surface area (TPSA) is 0 Å². The molecule has 0 aliphatic heterocycles. The fourth-order valence-electron chi connectivity index (χ4n) is 1.59. The minimum Gasteiger partial charge on any atom is -0.0843 e. The Hall–Kier alpha value is -1.27. The Bertz CT molecular complexity index is 487. The van der Waals surface area contributed by atoms with E-state index in [1.165, 1.54) is 22.3 Å². The van der Waals surface area contributed by atoms with Gasteiger partial charge in [0.2, 0.25) is 0 Å². The molecule has 0 fully saturated rings. The smallest absolute Gasteiger partial charge is 0.0412 e. The van der Waals surface area contributed by atoms with Gasteiger partial charge in [0.1, 0.15) is 0 Å². The Kier molecular flexibility index (Phi) is 5.24. The first-order valence-electron chi connectivity index (χ1n) is 6.00. The lowest BCUT2D eigenvalue weighted by molar-refractivity contribution is 1.34. The molecule has 0 aromatic heterocycles. The van der Waals surface area contributed by atoms with Crippen molar-refractivity contribution in [2.45, 2.75) is 27.7 Å². The van der Waals surface area contributed by atoms with Crippen LogP contribution in [0.2, 0.25) is 5.02 Å². The van der Waals surface area contributed by atoms with Crippen molar-refractivity contribution in [2.24, 2.45) is 0 Å². The minimum atomic E-state index is 0.783. The van der Waals surface area contributed by atoms with Crippen LogP contribution in [0.3, 0.4) is 0 Å². The Morgan fingerprint density at radius 3 is 2.00 bits per heavy atom. The molecule has 90 valence electrons. The zero-order chi connectivity index (χ0) is 12.8. The average Bonchev–Trinajstić information content (AvgIpc) is 2.35. The van der Waals surface area contributed by atoms with E-state index in [-0.39, 0.29) is 0 Å². The van der Waals surface area contributed by atoms with Crippen LogP contribution in [-0.2, 0) is 0 Å². The molecule has 0 radical (unpaired) electrons. The van der Waals surface area contributed by atoms with Gasteiger partial charge in [0.05, 0.1) is 0 Å². The van der Waals surface area contributed by atoms with E-state index in [1.54, 1.807) is 0 Å². The third kappa shape index (κ3) is 3.61. The van der Waals surface area contributed by atoms with Crippen molar-refractivity contribution in [1.82, 2.24) is 0 Å². The van der Waals surface area contributed by atoms with Crippen molar-refractivity contribution in [3.63, 3.8) is 0 Å². The molecule has 0 saturated carbocycles. The number of hydrogen-bond donors (Lipinski definition) is 0. The van der Waals surface area contributed by atoms with Crippen LogP contribution in [0.25, 0.3) is 11.1 Å². The van der Waals surface area contributed by atoms with Crippen LogP contribution >= 0.6 is 11.6 Å². The lowest BCUT2D eigenvalue weighted by atomic mass is 10.0. The number of benzene rings is 2. The minimum absolute atomic E-state index is 0.783. The summed E-state index contributed by atoms with van der Waals surface area (Å²) in [7, 11) is 0. The number of rotatable bonds is 1. The predicted molar refractivity (Wildman–Crippen MR) is 77.7 cm³/mol. The summed E-state index contributed by atoms with van der Waals surface area (Å²) in [6.45, 7) is 8.25. The van der Waals surface area contributed by atoms with Gasteiger partial charge in [-0.3, -0.25) is 0 Å². The third-order valence-electron chi connectivity index (χ3n) is 2.66. The van der Waals surface area contributed by atoms with Crippen molar-refractivity contribution >= 4 is 11.6 Å². The van der Waals surface area contributed by atoms with Gasteiger partial charge in [-0.2, -0.15) is 0 Å². The lowest BCUT2D eigenvalue weighted by Gasteiger charge is -2.05. The summed E-state index contributed by atoms with van der Waals surface area (Å²) >= 11 is 5.97. The van der Waals surface area contributed by atoms with Crippen LogP contribution in [0.1, 0.15) is 25.0 Å². The molecule has 0 aliphatic rings. The van der Waals surface area contributed by atoms with Crippen LogP contribution in [0.15, 0.2) is 42.5 Å². The molecule has 2 aromatic carbocycles. The van der Waals surface area contributed by atoms with Crippen molar-refractivity contribution in [2.75, 3.05) is 0 Å². The van der Waals surface area contributed by atoms with Gasteiger partial charge in [0.15, 0.2) is 0 Å². The Morgan fingerprint density at radius 2 is 1.41 bits per heavy atom. The van der Waals surface area contributed by atoms with Gasteiger partial charge in [-0.05, 0) is 48.2 Å². The van der Waals surface area contributed by atoms with Gasteiger partial charge in [-0.25, -0.2) is 0 Å². The van der Waals surface area contributed by atoms with Gasteiger partial charge < -0.3 is 0 Å². The molecule has 0 aliphatic carbocycles. The molecule has 17 heavy (non-hydrogen) atoms. The second kappa shape index (κ2) is 6.46. The fraction of sp³-hybridized carbons (Fsp3) is 0.250. The van der Waals surface area contributed by atoms with Crippen LogP contribution in [-0.4, -0.2) is 0 Å². The van der Waals surface area contributed by atoms with Gasteiger partial charge in [0, 0.05) is 5.02 Å². The van der Waals surface area contributed by atoms with Crippen molar-refractivity contribution in [3.8, 4) is 11.1 Å². The van der Waals surface area contributed by atoms with E-state index in [2.05, 4.69) is 38.1 Å². The maximum atomic E-state index is 5.97. The molecule has 0 N–H and O–H groups in total. The summed E-state index contributed by atoms with van der Waals surface area (Å²) in [6.07, 6.45) is 0. The molecule has 0 nitrogen and oxygen atoms in total. The molecule has 0 spiro atoms. The summed E-state index contributed by atoms with van der Waals surface area (Å²) in [6, 6.07) is 14.4. The summed E-state index contributed by atoms with van der Waals surface area (Å²) < 4.78 is 0. The largest absolute Gasteiger partial charge is 0.0843 e. The van der Waals surface area contributed by atoms with Gasteiger partial charge in [-0.15, -0.1) is 0 Å². The molecule has 0 saturated heterocycles. The maximum absolute atomic E-state index is 5.97. The number of aryl methyl sites for hydroxylation is 2. The average molecular weight is 247 g/mol. The van der Waals surface area contributed by atoms with Gasteiger partial charge in [0.25, 0.3) is 0 Å². The van der Waals surface area contributed by atoms with Crippen molar-refractivity contribution in [3.05, 3.63) is 58.6 Å². The van der Waals surface area contributed by atoms with E-state index in [9.17, 15) is 0 Å². The van der Waals surface area contributed by atoms with Gasteiger partial charge >= 0.3 is 0 Å². The molecule has 2 rings (SSSR count). The molecule has 0 unspecified atom stereocenters. The first-order valence-corrected chi connectivity index (χ1v) is 6.38. The third-order valence-corrected chi connectivity index (χ3v) is 2.90. The molecular formula is C16H19Cl. The highest BCUT2D eigenvalue weighted by Gasteiger charge is 1.99. The quantitative estimate of drug-likeness (QED) is 0.610. The van der Waals surface area contributed by atoms with Gasteiger partial charge in [-0.1, -0.05) is 55.8 Å². The Morgan fingerprint density at radius 1 is 0.765 bits per heavy atom. The lowest BCUT2D eigenvalue weighted by Crippen LogP contribution is -1.83. The monoisotopic (exact) mass is 246 g/mol.